The molecule has 0 radical (unpaired) electrons. The van der Waals surface area contributed by atoms with Crippen molar-refractivity contribution in [2.45, 2.75) is 0 Å². The first-order valence-electron chi connectivity index (χ1n) is 8.78. The van der Waals surface area contributed by atoms with Crippen molar-refractivity contribution in [3.63, 3.8) is 0 Å². The van der Waals surface area contributed by atoms with Gasteiger partial charge in [-0.3, -0.25) is 9.59 Å². The van der Waals surface area contributed by atoms with Crippen LogP contribution >= 0.6 is 11.6 Å². The number of hydrogen-bond acceptors (Lipinski definition) is 7. The topological polar surface area (TPSA) is 121 Å². The molecule has 4 N–H and O–H groups in total. The predicted molar refractivity (Wildman–Crippen MR) is 109 cm³/mol. The van der Waals surface area contributed by atoms with Crippen molar-refractivity contribution in [2.24, 2.45) is 0 Å². The Labute approximate surface area is 171 Å². The minimum Gasteiger partial charge on any atom is -0.396 e. The molecule has 0 aliphatic carbocycles. The summed E-state index contributed by atoms with van der Waals surface area (Å²) in [6.07, 6.45) is 2.33. The first kappa shape index (κ1) is 20.7. The zero-order valence-corrected chi connectivity index (χ0v) is 16.1. The molecule has 10 heteroatoms. The van der Waals surface area contributed by atoms with Gasteiger partial charge < -0.3 is 26.1 Å². The quantitative estimate of drug-likeness (QED) is 0.285. The van der Waals surface area contributed by atoms with Crippen LogP contribution in [0.25, 0.3) is 0 Å². The monoisotopic (exact) mass is 419 g/mol. The molecule has 2 aromatic rings. The number of ketones is 1. The number of pyridine rings is 1. The minimum atomic E-state index is -0.730. The summed E-state index contributed by atoms with van der Waals surface area (Å²) >= 11 is 5.59. The van der Waals surface area contributed by atoms with Crippen LogP contribution in [0.4, 0.5) is 21.5 Å². The van der Waals surface area contributed by atoms with Crippen LogP contribution in [0.2, 0.25) is 0 Å². The third kappa shape index (κ3) is 4.36. The minimum absolute atomic E-state index is 0.00638. The Morgan fingerprint density at radius 3 is 2.76 bits per heavy atom. The van der Waals surface area contributed by atoms with Gasteiger partial charge in [-0.05, 0) is 18.2 Å². The summed E-state index contributed by atoms with van der Waals surface area (Å²) in [5, 5.41) is 10.1. The maximum atomic E-state index is 13.7. The number of halogens is 2. The maximum absolute atomic E-state index is 13.7. The number of benzene rings is 1. The van der Waals surface area contributed by atoms with Crippen molar-refractivity contribution in [2.75, 3.05) is 48.1 Å². The van der Waals surface area contributed by atoms with E-state index in [0.29, 0.717) is 32.0 Å². The van der Waals surface area contributed by atoms with E-state index in [2.05, 4.69) is 10.3 Å². The number of nitrogens with two attached hydrogens (primary N) is 1. The summed E-state index contributed by atoms with van der Waals surface area (Å²) in [5.74, 6) is -2.14. The number of aromatic nitrogens is 1. The van der Waals surface area contributed by atoms with Gasteiger partial charge in [-0.1, -0.05) is 0 Å². The smallest absolute Gasteiger partial charge is 0.239 e. The largest absolute Gasteiger partial charge is 0.396 e. The number of anilines is 3. The van der Waals surface area contributed by atoms with Gasteiger partial charge in [0.1, 0.15) is 17.4 Å². The molecule has 1 aliphatic rings. The Balaban J connectivity index is 2.05. The fourth-order valence-electron chi connectivity index (χ4n) is 3.00. The van der Waals surface area contributed by atoms with E-state index < -0.39 is 17.5 Å². The summed E-state index contributed by atoms with van der Waals surface area (Å²) in [6, 6.07) is 3.92. The molecule has 0 bridgehead atoms. The lowest BCUT2D eigenvalue weighted by Crippen LogP contribution is -2.36. The number of morpholine rings is 1. The molecule has 1 saturated heterocycles. The normalized spacial score (nSPS) is 13.8. The molecular formula is C19H19ClFN5O3. The number of hydrogen-bond donors (Lipinski definition) is 3. The van der Waals surface area contributed by atoms with Crippen LogP contribution in [0.15, 0.2) is 24.4 Å². The Bertz CT molecular complexity index is 963. The van der Waals surface area contributed by atoms with Crippen LogP contribution < -0.4 is 16.0 Å². The van der Waals surface area contributed by atoms with E-state index in [9.17, 15) is 14.0 Å². The van der Waals surface area contributed by atoms with Gasteiger partial charge in [0.15, 0.2) is 0 Å². The van der Waals surface area contributed by atoms with Gasteiger partial charge in [0, 0.05) is 30.4 Å². The lowest BCUT2D eigenvalue weighted by atomic mass is 9.99. The number of amides is 1. The van der Waals surface area contributed by atoms with E-state index in [4.69, 9.17) is 27.5 Å². The number of alkyl halides is 1. The molecule has 1 fully saturated rings. The lowest BCUT2D eigenvalue weighted by Gasteiger charge is -2.29. The Kier molecular flexibility index (Phi) is 6.40. The third-order valence-electron chi connectivity index (χ3n) is 4.48. The van der Waals surface area contributed by atoms with Crippen molar-refractivity contribution in [1.29, 1.82) is 5.41 Å². The number of nitrogen functional groups attached to an aromatic ring is 1. The average molecular weight is 420 g/mol. The van der Waals surface area contributed by atoms with Gasteiger partial charge in [-0.25, -0.2) is 9.37 Å². The van der Waals surface area contributed by atoms with E-state index >= 15 is 0 Å². The van der Waals surface area contributed by atoms with Crippen molar-refractivity contribution < 1.29 is 18.7 Å². The number of carbonyl (C=O) groups is 2. The zero-order chi connectivity index (χ0) is 21.0. The van der Waals surface area contributed by atoms with E-state index in [1.165, 1.54) is 12.3 Å². The predicted octanol–water partition coefficient (Wildman–Crippen LogP) is 2.05. The van der Waals surface area contributed by atoms with Gasteiger partial charge in [0.2, 0.25) is 11.7 Å². The fraction of sp³-hybridized carbons (Fsp3) is 0.263. The van der Waals surface area contributed by atoms with Gasteiger partial charge >= 0.3 is 0 Å². The molecule has 29 heavy (non-hydrogen) atoms. The van der Waals surface area contributed by atoms with E-state index in [1.807, 2.05) is 4.90 Å². The van der Waals surface area contributed by atoms with Gasteiger partial charge in [-0.2, -0.15) is 0 Å². The molecule has 1 aromatic heterocycles. The van der Waals surface area contributed by atoms with Crippen molar-refractivity contribution in [3.05, 3.63) is 47.0 Å². The number of rotatable bonds is 6. The summed E-state index contributed by atoms with van der Waals surface area (Å²) in [6.45, 7) is 2.40. The molecule has 1 aliphatic heterocycles. The van der Waals surface area contributed by atoms with Crippen LogP contribution in [-0.4, -0.2) is 55.1 Å². The molecule has 0 atom stereocenters. The van der Waals surface area contributed by atoms with Gasteiger partial charge in [0.25, 0.3) is 0 Å². The SMILES string of the molecule is N=Cc1c(C(=O)c2ncc(N3CCOCC3)cc2NC(=O)CCl)ccc(F)c1N. The number of nitrogens with one attached hydrogen (secondary N) is 2. The van der Waals surface area contributed by atoms with E-state index in [0.717, 1.165) is 12.3 Å². The standard InChI is InChI=1S/C19H19ClFN5O3/c20-8-16(27)25-15-7-11(26-3-5-29-6-4-26)10-24-18(15)19(28)12-1-2-14(21)17(23)13(12)9-22/h1-2,7,9-10,22H,3-6,8,23H2,(H,25,27). The molecule has 0 spiro atoms. The second-order valence-corrected chi connectivity index (χ2v) is 6.53. The van der Waals surface area contributed by atoms with E-state index in [1.54, 1.807) is 6.07 Å². The third-order valence-corrected chi connectivity index (χ3v) is 4.73. The highest BCUT2D eigenvalue weighted by Gasteiger charge is 2.23. The first-order valence-corrected chi connectivity index (χ1v) is 9.31. The summed E-state index contributed by atoms with van der Waals surface area (Å²) < 4.78 is 19.1. The summed E-state index contributed by atoms with van der Waals surface area (Å²) in [5.41, 5.74) is 6.14. The summed E-state index contributed by atoms with van der Waals surface area (Å²) in [7, 11) is 0. The molecule has 0 saturated carbocycles. The number of ether oxygens (including phenoxy) is 1. The Morgan fingerprint density at radius 1 is 1.38 bits per heavy atom. The zero-order valence-electron chi connectivity index (χ0n) is 15.4. The van der Waals surface area contributed by atoms with Crippen molar-refractivity contribution in [3.8, 4) is 0 Å². The maximum Gasteiger partial charge on any atom is 0.239 e. The molecule has 1 amide bonds. The van der Waals surface area contributed by atoms with Crippen LogP contribution in [-0.2, 0) is 9.53 Å². The fourth-order valence-corrected chi connectivity index (χ4v) is 3.07. The molecule has 3 rings (SSSR count). The highest BCUT2D eigenvalue weighted by atomic mass is 35.5. The van der Waals surface area contributed by atoms with Gasteiger partial charge in [0.05, 0.1) is 36.5 Å². The average Bonchev–Trinajstić information content (AvgIpc) is 2.75. The molecular weight excluding hydrogens is 401 g/mol. The lowest BCUT2D eigenvalue weighted by molar-refractivity contribution is -0.113. The highest BCUT2D eigenvalue weighted by Crippen LogP contribution is 2.27. The second-order valence-electron chi connectivity index (χ2n) is 6.27. The van der Waals surface area contributed by atoms with Crippen molar-refractivity contribution >= 4 is 46.6 Å². The van der Waals surface area contributed by atoms with Crippen LogP contribution in [0.3, 0.4) is 0 Å². The first-order chi connectivity index (χ1) is 14.0. The molecule has 152 valence electrons. The number of carbonyl (C=O) groups excluding carboxylic acids is 2. The molecule has 8 nitrogen and oxygen atoms in total. The van der Waals surface area contributed by atoms with Crippen LogP contribution in [0.1, 0.15) is 21.6 Å². The molecule has 0 unspecified atom stereocenters. The highest BCUT2D eigenvalue weighted by molar-refractivity contribution is 6.29. The van der Waals surface area contributed by atoms with Crippen molar-refractivity contribution in [1.82, 2.24) is 4.98 Å². The Morgan fingerprint density at radius 2 is 2.10 bits per heavy atom. The second kappa shape index (κ2) is 8.97. The van der Waals surface area contributed by atoms with Crippen LogP contribution in [0, 0.1) is 11.2 Å². The molecule has 1 aromatic carbocycles. The van der Waals surface area contributed by atoms with Crippen LogP contribution in [0.5, 0.6) is 0 Å². The molecule has 2 heterocycles. The Hall–Kier alpha value is -3.04. The van der Waals surface area contributed by atoms with E-state index in [-0.39, 0.29) is 34.1 Å². The van der Waals surface area contributed by atoms with Gasteiger partial charge in [-0.15, -0.1) is 11.6 Å². The summed E-state index contributed by atoms with van der Waals surface area (Å²) in [4.78, 5) is 31.2. The number of nitrogens with zero attached hydrogens (tertiary/aromatic N) is 2.